The summed E-state index contributed by atoms with van der Waals surface area (Å²) in [6, 6.07) is 8.73. The summed E-state index contributed by atoms with van der Waals surface area (Å²) >= 11 is 1.66. The van der Waals surface area contributed by atoms with Crippen LogP contribution in [0.1, 0.15) is 172 Å². The molecule has 13 atom stereocenters. The molecular weight excluding hydrogens is 1310 g/mol. The van der Waals surface area contributed by atoms with Crippen LogP contribution in [0.4, 0.5) is 5.82 Å². The minimum Gasteiger partial charge on any atom is -0.456 e. The van der Waals surface area contributed by atoms with Crippen molar-refractivity contribution in [2.24, 2.45) is 29.6 Å². The number of allylic oxidation sites excluding steroid dienone is 3. The first-order chi connectivity index (χ1) is 48.3. The van der Waals surface area contributed by atoms with E-state index >= 15 is 0 Å². The topological polar surface area (TPSA) is 286 Å². The van der Waals surface area contributed by atoms with Crippen LogP contribution >= 0.6 is 11.8 Å². The molecule has 5 N–H and O–H groups in total. The number of carbonyl (C=O) groups excluding carboxylic acids is 6. The summed E-state index contributed by atoms with van der Waals surface area (Å²) in [4.78, 5) is 112. The Morgan fingerprint density at radius 3 is 2.32 bits per heavy atom. The molecule has 4 aromatic rings. The van der Waals surface area contributed by atoms with Crippen molar-refractivity contribution in [3.63, 3.8) is 0 Å². The zero-order chi connectivity index (χ0) is 72.8. The molecule has 3 amide bonds. The van der Waals surface area contributed by atoms with Gasteiger partial charge in [-0.15, -0.1) is 0 Å². The number of thioether (sulfide) groups is 1. The van der Waals surface area contributed by atoms with Gasteiger partial charge in [-0.2, -0.15) is 16.9 Å². The number of Topliss-reactive ketones (excluding diaryl/α,β-unsaturated/α-hetero) is 2. The fourth-order valence-corrected chi connectivity index (χ4v) is 16.5. The average Bonchev–Trinajstić information content (AvgIpc) is 1.73. The number of aliphatic hydroxyl groups is 2. The zero-order valence-electron chi connectivity index (χ0n) is 61.6. The molecule has 1 aromatic carbocycles. The van der Waals surface area contributed by atoms with Gasteiger partial charge in [-0.05, 0) is 177 Å². The third kappa shape index (κ3) is 19.8. The minimum absolute atomic E-state index is 0.0229. The summed E-state index contributed by atoms with van der Waals surface area (Å²) in [7, 11) is 4.78. The Hall–Kier alpha value is -6.64. The van der Waals surface area contributed by atoms with Crippen LogP contribution in [0.25, 0.3) is 22.0 Å². The number of nitrogens with zero attached hydrogens (tertiary/aromatic N) is 6. The number of cyclic esters (lactones) is 1. The highest BCUT2D eigenvalue weighted by molar-refractivity contribution is 7.99. The molecule has 5 aliphatic rings. The number of amides is 3. The number of rotatable bonds is 21. The molecule has 3 saturated heterocycles. The van der Waals surface area contributed by atoms with Crippen LogP contribution in [0.15, 0.2) is 70.8 Å². The quantitative estimate of drug-likeness (QED) is 0.0225. The number of aliphatic hydroxyl groups excluding tert-OH is 1. The van der Waals surface area contributed by atoms with E-state index in [1.807, 2.05) is 88.8 Å². The van der Waals surface area contributed by atoms with Crippen molar-refractivity contribution in [3.05, 3.63) is 98.8 Å². The van der Waals surface area contributed by atoms with E-state index in [1.165, 1.54) is 19.1 Å². The number of benzene rings is 1. The Balaban J connectivity index is 0.791. The number of H-pyrrole nitrogens is 1. The number of aromatic nitrogens is 4. The lowest BCUT2D eigenvalue weighted by molar-refractivity contribution is -0.302. The van der Waals surface area contributed by atoms with E-state index in [9.17, 15) is 43.8 Å². The Kier molecular flexibility index (Phi) is 28.1. The molecule has 2 bridgehead atoms. The molecular formula is C77H111N9O14S. The van der Waals surface area contributed by atoms with Gasteiger partial charge in [0.25, 0.3) is 23.2 Å². The molecule has 1 aliphatic carbocycles. The normalized spacial score (nSPS) is 28.7. The molecule has 24 heteroatoms. The Bertz CT molecular complexity index is 3640. The molecule has 7 heterocycles. The van der Waals surface area contributed by atoms with Crippen LogP contribution in [-0.4, -0.2) is 202 Å². The largest absolute Gasteiger partial charge is 0.456 e. The SMILES string of the molecule is CO[C@H]1CCC[C@@H](/C=C(\C)[C@H]2OC(=O)C3CCCCN3C(=O)C(=O)[C@]3(O)O[C@H]([C@@H](OC)C[C@@H](C)C/C(C)=C/[C@@H](CCCSCCC(=O)NCCN4CCN(c5ccc(-c6cc(C(=O)NCc7c(C)cc(C)[nH]c7=O)c7cnn(C(C)C)c7c6)cn5)CC4)C(=O)C[C@H](O)[C@H]2C)[C@@H](OC)C[C@H]3C)C1. The van der Waals surface area contributed by atoms with E-state index in [0.29, 0.717) is 86.2 Å². The van der Waals surface area contributed by atoms with Crippen LogP contribution < -0.4 is 21.1 Å². The van der Waals surface area contributed by atoms with Gasteiger partial charge in [0.15, 0.2) is 0 Å². The lowest BCUT2D eigenvalue weighted by Gasteiger charge is -2.47. The van der Waals surface area contributed by atoms with E-state index in [0.717, 1.165) is 96.5 Å². The van der Waals surface area contributed by atoms with Gasteiger partial charge < -0.3 is 59.3 Å². The molecule has 4 fully saturated rings. The van der Waals surface area contributed by atoms with Crippen molar-refractivity contribution >= 4 is 63.7 Å². The average molecular weight is 1420 g/mol. The van der Waals surface area contributed by atoms with Crippen LogP contribution in [0.2, 0.25) is 0 Å². The Morgan fingerprint density at radius 2 is 1.61 bits per heavy atom. The van der Waals surface area contributed by atoms with Crippen molar-refractivity contribution in [3.8, 4) is 11.1 Å². The number of ether oxygens (including phenoxy) is 5. The number of aromatic amines is 1. The summed E-state index contributed by atoms with van der Waals surface area (Å²) in [5, 5.41) is 35.9. The standard InChI is InChI=1S/C77H111N9O14S/c1-46(2)86-63-41-57(40-59(61(63)45-81-86)73(91)80-44-60-49(5)36-52(8)82-74(60)92)56-21-22-68(79-43-56)84-29-27-83(28-30-84)26-24-78-69(89)23-32-101-31-16-18-55-34-47(3)33-48(4)35-66(97-11)71-67(98-12)38-51(7)77(95,100-71)72(90)75(93)85-25-14-13-20-62(85)76(94)99-70(53(9)64(87)42-65(55)88)50(6)37-54-17-15-19-58(39-54)96-10/h21-22,34,36-37,40-41,43,45-46,48,51,53-55,58,62,64,66-67,70-71,87,95H,13-20,23-33,35,38-39,42,44H2,1-12H3,(H,78,89)(H,80,91)(H,82,92)/b47-34+,50-37+/t48-,51+,53+,54-,55+,58-,62?,64-,66-,67-,70+,71+,77+/m0/s1. The summed E-state index contributed by atoms with van der Waals surface area (Å²) in [5.74, 6) is -5.87. The molecule has 1 saturated carbocycles. The van der Waals surface area contributed by atoms with Gasteiger partial charge in [0.2, 0.25) is 11.7 Å². The number of aryl methyl sites for hydroxylation is 2. The second-order valence-electron chi connectivity index (χ2n) is 29.5. The maximum absolute atomic E-state index is 14.8. The van der Waals surface area contributed by atoms with Gasteiger partial charge in [-0.3, -0.25) is 38.3 Å². The number of hydrogen-bond donors (Lipinski definition) is 5. The molecule has 9 rings (SSSR count). The highest BCUT2D eigenvalue weighted by Crippen LogP contribution is 2.40. The molecule has 0 spiro atoms. The van der Waals surface area contributed by atoms with Crippen molar-refractivity contribution in [2.45, 2.75) is 213 Å². The number of hydrogen-bond acceptors (Lipinski definition) is 19. The smallest absolute Gasteiger partial charge is 0.329 e. The number of anilines is 1. The first kappa shape index (κ1) is 78.5. The highest BCUT2D eigenvalue weighted by atomic mass is 32.2. The second kappa shape index (κ2) is 36.2. The molecule has 101 heavy (non-hydrogen) atoms. The first-order valence-electron chi connectivity index (χ1n) is 36.7. The summed E-state index contributed by atoms with van der Waals surface area (Å²) in [6.45, 7) is 21.7. The number of piperidine rings is 1. The number of methoxy groups -OCH3 is 3. The van der Waals surface area contributed by atoms with Crippen molar-refractivity contribution in [2.75, 3.05) is 83.5 Å². The van der Waals surface area contributed by atoms with E-state index in [1.54, 1.807) is 38.9 Å². The fraction of sp³-hybridized carbons (Fsp3) is 0.649. The molecule has 554 valence electrons. The highest BCUT2D eigenvalue weighted by Gasteiger charge is 2.57. The van der Waals surface area contributed by atoms with Gasteiger partial charge in [0.1, 0.15) is 29.9 Å². The number of nitrogens with one attached hydrogen (secondary N) is 3. The van der Waals surface area contributed by atoms with Gasteiger partial charge >= 0.3 is 5.97 Å². The monoisotopic (exact) mass is 1420 g/mol. The maximum atomic E-state index is 14.8. The van der Waals surface area contributed by atoms with Gasteiger partial charge in [0.05, 0.1) is 41.7 Å². The Labute approximate surface area is 600 Å². The van der Waals surface area contributed by atoms with Gasteiger partial charge in [0, 0.05) is 144 Å². The lowest BCUT2D eigenvalue weighted by Crippen LogP contribution is -2.64. The maximum Gasteiger partial charge on any atom is 0.329 e. The lowest BCUT2D eigenvalue weighted by atomic mass is 9.82. The summed E-state index contributed by atoms with van der Waals surface area (Å²) in [5.41, 5.74) is 6.49. The van der Waals surface area contributed by atoms with Crippen LogP contribution in [-0.2, 0) is 54.2 Å². The zero-order valence-corrected chi connectivity index (χ0v) is 62.4. The third-order valence-corrected chi connectivity index (χ3v) is 22.6. The molecule has 23 nitrogen and oxygen atoms in total. The predicted molar refractivity (Wildman–Crippen MR) is 390 cm³/mol. The summed E-state index contributed by atoms with van der Waals surface area (Å²) < 4.78 is 32.4. The van der Waals surface area contributed by atoms with Crippen molar-refractivity contribution in [1.29, 1.82) is 0 Å². The Morgan fingerprint density at radius 1 is 0.861 bits per heavy atom. The number of pyridine rings is 2. The minimum atomic E-state index is -2.54. The van der Waals surface area contributed by atoms with Gasteiger partial charge in [-0.1, -0.05) is 44.9 Å². The van der Waals surface area contributed by atoms with E-state index < -0.39 is 77.8 Å². The number of fused-ring (bicyclic) bond motifs is 4. The summed E-state index contributed by atoms with van der Waals surface area (Å²) in [6.07, 6.45) is 10.8. The number of piperazine rings is 1. The van der Waals surface area contributed by atoms with Crippen molar-refractivity contribution in [1.82, 2.24) is 40.2 Å². The van der Waals surface area contributed by atoms with Gasteiger partial charge in [-0.25, -0.2) is 9.78 Å². The van der Waals surface area contributed by atoms with Crippen LogP contribution in [0.5, 0.6) is 0 Å². The third-order valence-electron chi connectivity index (χ3n) is 21.5. The molecule has 1 unspecified atom stereocenters. The van der Waals surface area contributed by atoms with Crippen molar-refractivity contribution < 1.29 is 62.7 Å². The van der Waals surface area contributed by atoms with Crippen LogP contribution in [0.3, 0.4) is 0 Å². The van der Waals surface area contributed by atoms with E-state index in [-0.39, 0.29) is 79.5 Å². The van der Waals surface area contributed by atoms with Crippen LogP contribution in [0, 0.1) is 43.4 Å². The number of esters is 1. The molecule has 4 aliphatic heterocycles. The molecule has 0 radical (unpaired) electrons. The van der Waals surface area contributed by atoms with E-state index in [4.69, 9.17) is 28.7 Å². The number of carbonyl (C=O) groups is 6. The van der Waals surface area contributed by atoms with E-state index in [2.05, 4.69) is 43.5 Å². The second-order valence-corrected chi connectivity index (χ2v) is 30.7. The molecule has 3 aromatic heterocycles. The predicted octanol–water partition coefficient (Wildman–Crippen LogP) is 9.16. The number of ketones is 2. The first-order valence-corrected chi connectivity index (χ1v) is 37.8. The fourth-order valence-electron chi connectivity index (χ4n) is 15.6.